The van der Waals surface area contributed by atoms with Gasteiger partial charge in [0.2, 0.25) is 11.9 Å². The second-order valence-electron chi connectivity index (χ2n) is 7.85. The first-order valence-corrected chi connectivity index (χ1v) is 11.1. The summed E-state index contributed by atoms with van der Waals surface area (Å²) in [5.41, 5.74) is 4.68. The number of unbranched alkanes of at least 4 members (excludes halogenated alkanes) is 1. The molecule has 1 fully saturated rings. The van der Waals surface area contributed by atoms with Gasteiger partial charge in [-0.3, -0.25) is 10.0 Å². The van der Waals surface area contributed by atoms with E-state index in [0.717, 1.165) is 53.1 Å². The molecule has 1 aliphatic heterocycles. The lowest BCUT2D eigenvalue weighted by molar-refractivity contribution is -0.129. The maximum atomic E-state index is 11.2. The van der Waals surface area contributed by atoms with Crippen LogP contribution in [0.15, 0.2) is 42.5 Å². The molecular weight excluding hydrogens is 422 g/mol. The minimum absolute atomic E-state index is 0.285. The molecule has 1 saturated heterocycles. The van der Waals surface area contributed by atoms with Crippen LogP contribution in [0.3, 0.4) is 0 Å². The van der Waals surface area contributed by atoms with Crippen LogP contribution in [-0.2, 0) is 9.53 Å². The average molecular weight is 452 g/mol. The number of benzene rings is 2. The Labute approximate surface area is 192 Å². The molecule has 4 rings (SSSR count). The second-order valence-corrected chi connectivity index (χ2v) is 7.85. The van der Waals surface area contributed by atoms with Gasteiger partial charge in [0.05, 0.1) is 25.8 Å². The first-order chi connectivity index (χ1) is 16.2. The number of amides is 1. The Morgan fingerprint density at radius 2 is 1.85 bits per heavy atom. The first-order valence-electron chi connectivity index (χ1n) is 11.1. The normalized spacial score (nSPS) is 13.7. The van der Waals surface area contributed by atoms with E-state index in [0.29, 0.717) is 32.1 Å². The van der Waals surface area contributed by atoms with Crippen LogP contribution in [0, 0.1) is 0 Å². The van der Waals surface area contributed by atoms with Crippen LogP contribution in [0.2, 0.25) is 0 Å². The molecule has 0 aliphatic carbocycles. The highest BCUT2D eigenvalue weighted by molar-refractivity contribution is 5.93. The van der Waals surface area contributed by atoms with E-state index in [1.807, 2.05) is 30.3 Å². The largest absolute Gasteiger partial charge is 0.497 e. The number of ether oxygens (including phenoxy) is 2. The molecule has 0 bridgehead atoms. The smallest absolute Gasteiger partial charge is 0.243 e. The maximum absolute atomic E-state index is 11.2. The van der Waals surface area contributed by atoms with Gasteiger partial charge in [0.15, 0.2) is 0 Å². The van der Waals surface area contributed by atoms with Gasteiger partial charge in [0.1, 0.15) is 11.6 Å². The summed E-state index contributed by atoms with van der Waals surface area (Å²) in [5.74, 6) is 1.90. The van der Waals surface area contributed by atoms with Crippen LogP contribution in [0.5, 0.6) is 5.75 Å². The molecule has 1 aliphatic rings. The zero-order valence-electron chi connectivity index (χ0n) is 18.7. The summed E-state index contributed by atoms with van der Waals surface area (Å²) in [5, 5.41) is 13.0. The number of methoxy groups -OCH3 is 1. The molecule has 0 radical (unpaired) electrons. The quantitative estimate of drug-likeness (QED) is 0.259. The number of nitrogens with zero attached hydrogens (tertiary/aromatic N) is 3. The first kappa shape index (κ1) is 22.8. The van der Waals surface area contributed by atoms with E-state index in [1.165, 1.54) is 0 Å². The topological polar surface area (TPSA) is 109 Å². The molecule has 9 heteroatoms. The van der Waals surface area contributed by atoms with Gasteiger partial charge < -0.3 is 19.7 Å². The van der Waals surface area contributed by atoms with E-state index in [4.69, 9.17) is 24.6 Å². The number of carbonyl (C=O) groups is 1. The minimum atomic E-state index is -0.372. The molecule has 0 unspecified atom stereocenters. The molecule has 2 aromatic carbocycles. The molecule has 33 heavy (non-hydrogen) atoms. The predicted molar refractivity (Wildman–Crippen MR) is 127 cm³/mol. The number of rotatable bonds is 9. The highest BCUT2D eigenvalue weighted by Crippen LogP contribution is 2.30. The van der Waals surface area contributed by atoms with Crippen LogP contribution in [0.1, 0.15) is 19.3 Å². The summed E-state index contributed by atoms with van der Waals surface area (Å²) in [6.45, 7) is 3.47. The third-order valence-corrected chi connectivity index (χ3v) is 5.65. The number of hydrogen-bond donors (Lipinski definition) is 3. The Hall–Kier alpha value is -3.43. The average Bonchev–Trinajstić information content (AvgIpc) is 2.88. The van der Waals surface area contributed by atoms with E-state index in [1.54, 1.807) is 12.6 Å². The number of hydroxylamine groups is 1. The Bertz CT molecular complexity index is 1080. The number of morpholine rings is 1. The van der Waals surface area contributed by atoms with Gasteiger partial charge in [-0.1, -0.05) is 18.2 Å². The van der Waals surface area contributed by atoms with E-state index in [-0.39, 0.29) is 12.3 Å². The predicted octanol–water partition coefficient (Wildman–Crippen LogP) is 3.23. The molecule has 3 aromatic rings. The van der Waals surface area contributed by atoms with E-state index in [2.05, 4.69) is 22.3 Å². The Morgan fingerprint density at radius 1 is 1.09 bits per heavy atom. The number of hydrogen-bond acceptors (Lipinski definition) is 8. The molecule has 0 atom stereocenters. The third-order valence-electron chi connectivity index (χ3n) is 5.65. The highest BCUT2D eigenvalue weighted by Gasteiger charge is 2.17. The number of fused-ring (bicyclic) bond motifs is 1. The van der Waals surface area contributed by atoms with Crippen LogP contribution in [0.4, 0.5) is 11.8 Å². The van der Waals surface area contributed by atoms with Crippen molar-refractivity contribution in [1.29, 1.82) is 0 Å². The third kappa shape index (κ3) is 5.68. The summed E-state index contributed by atoms with van der Waals surface area (Å²) in [7, 11) is 1.66. The highest BCUT2D eigenvalue weighted by atomic mass is 16.5. The lowest BCUT2D eigenvalue weighted by Gasteiger charge is -2.27. The Kier molecular flexibility index (Phi) is 7.54. The number of carbonyl (C=O) groups excluding carboxylic acids is 1. The van der Waals surface area contributed by atoms with Crippen molar-refractivity contribution in [2.75, 3.05) is 50.2 Å². The fourth-order valence-corrected chi connectivity index (χ4v) is 3.79. The van der Waals surface area contributed by atoms with Crippen molar-refractivity contribution in [2.45, 2.75) is 19.3 Å². The van der Waals surface area contributed by atoms with Crippen LogP contribution < -0.4 is 20.4 Å². The lowest BCUT2D eigenvalue weighted by Crippen LogP contribution is -2.37. The van der Waals surface area contributed by atoms with Crippen molar-refractivity contribution < 1.29 is 19.5 Å². The molecule has 2 heterocycles. The maximum Gasteiger partial charge on any atom is 0.243 e. The van der Waals surface area contributed by atoms with Gasteiger partial charge in [-0.2, -0.15) is 4.98 Å². The van der Waals surface area contributed by atoms with Gasteiger partial charge in [0.25, 0.3) is 0 Å². The second kappa shape index (κ2) is 10.9. The molecule has 1 amide bonds. The van der Waals surface area contributed by atoms with Crippen LogP contribution in [-0.4, -0.2) is 61.0 Å². The van der Waals surface area contributed by atoms with Gasteiger partial charge in [-0.05, 0) is 48.2 Å². The fraction of sp³-hybridized carbons (Fsp3) is 0.375. The van der Waals surface area contributed by atoms with Crippen molar-refractivity contribution in [3.8, 4) is 16.9 Å². The zero-order valence-corrected chi connectivity index (χ0v) is 18.7. The van der Waals surface area contributed by atoms with Gasteiger partial charge in [0, 0.05) is 31.4 Å². The molecule has 0 saturated carbocycles. The SMILES string of the molecule is COc1ccc(-c2ccc3c(NCCCCC(=O)NO)nc(N4CCOCC4)nc3c2)cc1. The van der Waals surface area contributed by atoms with Gasteiger partial charge in [-0.15, -0.1) is 0 Å². The summed E-state index contributed by atoms with van der Waals surface area (Å²) in [4.78, 5) is 23.0. The molecule has 9 nitrogen and oxygen atoms in total. The van der Waals surface area contributed by atoms with Crippen molar-refractivity contribution in [3.63, 3.8) is 0 Å². The van der Waals surface area contributed by atoms with E-state index < -0.39 is 0 Å². The number of nitrogens with one attached hydrogen (secondary N) is 2. The molecule has 3 N–H and O–H groups in total. The summed E-state index contributed by atoms with van der Waals surface area (Å²) >= 11 is 0. The minimum Gasteiger partial charge on any atom is -0.497 e. The molecule has 0 spiro atoms. The van der Waals surface area contributed by atoms with Crippen molar-refractivity contribution in [2.24, 2.45) is 0 Å². The molecule has 1 aromatic heterocycles. The Morgan fingerprint density at radius 3 is 2.58 bits per heavy atom. The molecular formula is C24H29N5O4. The monoisotopic (exact) mass is 451 g/mol. The van der Waals surface area contributed by atoms with E-state index in [9.17, 15) is 4.79 Å². The van der Waals surface area contributed by atoms with Gasteiger partial charge in [-0.25, -0.2) is 10.5 Å². The Balaban J connectivity index is 1.60. The summed E-state index contributed by atoms with van der Waals surface area (Å²) in [6.07, 6.45) is 1.73. The zero-order chi connectivity index (χ0) is 23.0. The van der Waals surface area contributed by atoms with Crippen molar-refractivity contribution in [1.82, 2.24) is 15.4 Å². The summed E-state index contributed by atoms with van der Waals surface area (Å²) < 4.78 is 10.8. The summed E-state index contributed by atoms with van der Waals surface area (Å²) in [6, 6.07) is 14.2. The van der Waals surface area contributed by atoms with E-state index >= 15 is 0 Å². The van der Waals surface area contributed by atoms with Crippen LogP contribution >= 0.6 is 0 Å². The number of anilines is 2. The van der Waals surface area contributed by atoms with Gasteiger partial charge >= 0.3 is 0 Å². The standard InChI is InChI=1S/C24H29N5O4/c1-32-19-8-5-17(6-9-19)18-7-10-20-21(16-18)26-24(29-12-14-33-15-13-29)27-23(20)25-11-3-2-4-22(30)28-31/h5-10,16,31H,2-4,11-15H2,1H3,(H,28,30)(H,25,26,27). The van der Waals surface area contributed by atoms with Crippen molar-refractivity contribution in [3.05, 3.63) is 42.5 Å². The van der Waals surface area contributed by atoms with Crippen molar-refractivity contribution >= 4 is 28.6 Å². The van der Waals surface area contributed by atoms with Crippen LogP contribution in [0.25, 0.3) is 22.0 Å². The molecule has 174 valence electrons. The lowest BCUT2D eigenvalue weighted by atomic mass is 10.0. The number of aromatic nitrogens is 2. The fourth-order valence-electron chi connectivity index (χ4n) is 3.79.